The van der Waals surface area contributed by atoms with Crippen LogP contribution in [0.4, 0.5) is 37.7 Å². The minimum absolute atomic E-state index is 0.0355. The normalized spacial score (nSPS) is 15.1. The molecule has 3 aromatic carbocycles. The van der Waals surface area contributed by atoms with Crippen molar-refractivity contribution in [2.24, 2.45) is 0 Å². The maximum atomic E-state index is 13.5. The van der Waals surface area contributed by atoms with Gasteiger partial charge < -0.3 is 14.5 Å². The monoisotopic (exact) mass is 575 g/mol. The van der Waals surface area contributed by atoms with E-state index in [0.29, 0.717) is 22.3 Å². The minimum atomic E-state index is -4.47. The molecule has 0 saturated heterocycles. The number of hydrogen-bond acceptors (Lipinski definition) is 5. The van der Waals surface area contributed by atoms with Crippen LogP contribution in [0.25, 0.3) is 0 Å². The summed E-state index contributed by atoms with van der Waals surface area (Å²) in [6, 6.07) is 15.6. The maximum absolute atomic E-state index is 13.5. The summed E-state index contributed by atoms with van der Waals surface area (Å²) < 4.78 is 86.0. The topological polar surface area (TPSA) is 70.7 Å². The summed E-state index contributed by atoms with van der Waals surface area (Å²) in [7, 11) is 0. The fraction of sp³-hybridized carbons (Fsp3) is 0.310. The Morgan fingerprint density at radius 3 is 1.71 bits per heavy atom. The zero-order valence-electron chi connectivity index (χ0n) is 22.0. The number of fused-ring (bicyclic) bond motifs is 6. The number of Topliss-reactive ketones (excluding diaryl/α,β-unsaturated/α-hetero) is 1. The highest BCUT2D eigenvalue weighted by molar-refractivity contribution is 6.52. The van der Waals surface area contributed by atoms with Crippen molar-refractivity contribution in [1.82, 2.24) is 0 Å². The van der Waals surface area contributed by atoms with Gasteiger partial charge in [0.05, 0.1) is 10.3 Å². The van der Waals surface area contributed by atoms with Crippen LogP contribution in [-0.4, -0.2) is 54.8 Å². The first-order chi connectivity index (χ1) is 19.3. The van der Waals surface area contributed by atoms with Crippen molar-refractivity contribution in [2.75, 3.05) is 36.0 Å². The van der Waals surface area contributed by atoms with Crippen molar-refractivity contribution in [2.45, 2.75) is 31.6 Å². The second-order valence-electron chi connectivity index (χ2n) is 9.81. The summed E-state index contributed by atoms with van der Waals surface area (Å²) in [4.78, 5) is 19.4. The zero-order valence-corrected chi connectivity index (χ0v) is 22.0. The number of rotatable bonds is 6. The van der Waals surface area contributed by atoms with Gasteiger partial charge in [0.15, 0.2) is 5.41 Å². The molecule has 0 saturated carbocycles. The van der Waals surface area contributed by atoms with E-state index in [-0.39, 0.29) is 41.7 Å². The summed E-state index contributed by atoms with van der Waals surface area (Å²) in [5.74, 6) is -0.281. The lowest BCUT2D eigenvalue weighted by Crippen LogP contribution is -2.40. The first-order valence-corrected chi connectivity index (χ1v) is 12.8. The van der Waals surface area contributed by atoms with E-state index >= 15 is 0 Å². The SMILES string of the molecule is CCN(CC(F)(F)F)c1ccc2c(c1)Oc1cc(N(CC)CC(F)(F)F)ccc1C21C(=[N+]=N)C(=O)c2ccccc21. The van der Waals surface area contributed by atoms with Gasteiger partial charge in [0, 0.05) is 53.3 Å². The van der Waals surface area contributed by atoms with Crippen LogP contribution in [-0.2, 0) is 5.41 Å². The molecule has 5 rings (SSSR count). The van der Waals surface area contributed by atoms with Crippen molar-refractivity contribution in [3.05, 3.63) is 82.9 Å². The Balaban J connectivity index is 1.77. The largest absolute Gasteiger partial charge is 0.457 e. The molecule has 1 heterocycles. The number of carbonyl (C=O) groups is 1. The lowest BCUT2D eigenvalue weighted by Gasteiger charge is -2.36. The highest BCUT2D eigenvalue weighted by Crippen LogP contribution is 2.57. The van der Waals surface area contributed by atoms with E-state index in [1.165, 1.54) is 24.3 Å². The molecular weight excluding hydrogens is 550 g/mol. The van der Waals surface area contributed by atoms with Crippen LogP contribution >= 0.6 is 0 Å². The Labute approximate surface area is 231 Å². The van der Waals surface area contributed by atoms with E-state index in [9.17, 15) is 31.1 Å². The number of halogens is 6. The van der Waals surface area contributed by atoms with Gasteiger partial charge in [-0.15, -0.1) is 0 Å². The van der Waals surface area contributed by atoms with Gasteiger partial charge in [0.1, 0.15) is 24.6 Å². The lowest BCUT2D eigenvalue weighted by molar-refractivity contribution is -0.122. The Morgan fingerprint density at radius 2 is 1.27 bits per heavy atom. The number of nitrogens with zero attached hydrogens (tertiary/aromatic N) is 3. The predicted molar refractivity (Wildman–Crippen MR) is 139 cm³/mol. The molecule has 41 heavy (non-hydrogen) atoms. The van der Waals surface area contributed by atoms with Gasteiger partial charge in [-0.05, 0) is 31.5 Å². The highest BCUT2D eigenvalue weighted by atomic mass is 19.4. The number of benzene rings is 3. The van der Waals surface area contributed by atoms with E-state index in [1.54, 1.807) is 50.2 Å². The number of hydrogen-bond donors (Lipinski definition) is 1. The van der Waals surface area contributed by atoms with E-state index in [0.717, 1.165) is 9.80 Å². The number of ketones is 1. The lowest BCUT2D eigenvalue weighted by atomic mass is 9.67. The van der Waals surface area contributed by atoms with Gasteiger partial charge in [-0.25, -0.2) is 0 Å². The summed E-state index contributed by atoms with van der Waals surface area (Å²) in [6.45, 7) is 0.801. The number of anilines is 2. The molecule has 0 fully saturated rings. The number of alkyl halides is 6. The first kappa shape index (κ1) is 28.2. The quantitative estimate of drug-likeness (QED) is 0.200. The molecule has 0 atom stereocenters. The molecule has 3 aromatic rings. The van der Waals surface area contributed by atoms with Gasteiger partial charge in [-0.1, -0.05) is 36.4 Å². The molecule has 0 unspecified atom stereocenters. The van der Waals surface area contributed by atoms with E-state index in [4.69, 9.17) is 10.3 Å². The predicted octanol–water partition coefficient (Wildman–Crippen LogP) is 6.78. The molecule has 0 amide bonds. The Morgan fingerprint density at radius 1 is 0.780 bits per heavy atom. The van der Waals surface area contributed by atoms with Crippen LogP contribution in [0.5, 0.6) is 11.5 Å². The van der Waals surface area contributed by atoms with Crippen LogP contribution in [0.1, 0.15) is 40.9 Å². The maximum Gasteiger partial charge on any atom is 0.408 e. The third-order valence-electron chi connectivity index (χ3n) is 7.45. The molecule has 6 nitrogen and oxygen atoms in total. The number of ether oxygens (including phenoxy) is 1. The van der Waals surface area contributed by atoms with Gasteiger partial charge >= 0.3 is 18.1 Å². The van der Waals surface area contributed by atoms with Crippen molar-refractivity contribution in [3.63, 3.8) is 0 Å². The molecule has 0 radical (unpaired) electrons. The Kier molecular flexibility index (Phi) is 6.85. The molecule has 0 bridgehead atoms. The number of nitrogens with one attached hydrogen (secondary N) is 1. The van der Waals surface area contributed by atoms with Crippen LogP contribution in [0.2, 0.25) is 0 Å². The van der Waals surface area contributed by atoms with Crippen molar-refractivity contribution >= 4 is 22.9 Å². The Bertz CT molecular complexity index is 1500. The standard InChI is InChI=1S/C29H25F6N4O2/c1-3-38(15-27(30,31)32)17-9-11-21-23(13-17)41-24-14-18(39(4-2)16-28(33,34)35)10-12-22(24)29(21)20-8-6-5-7-19(20)25(40)26(29)37-36/h5-14,36H,3-4,15-16H2,1-2H3/q+1. The second-order valence-corrected chi connectivity index (χ2v) is 9.81. The summed E-state index contributed by atoms with van der Waals surface area (Å²) in [6.07, 6.45) is -8.95. The molecule has 12 heteroatoms. The second kappa shape index (κ2) is 9.95. The van der Waals surface area contributed by atoms with E-state index in [2.05, 4.69) is 4.79 Å². The average Bonchev–Trinajstić information content (AvgIpc) is 3.17. The fourth-order valence-electron chi connectivity index (χ4n) is 5.79. The van der Waals surface area contributed by atoms with Gasteiger partial charge in [-0.3, -0.25) is 4.79 Å². The fourth-order valence-corrected chi connectivity index (χ4v) is 5.79. The summed E-state index contributed by atoms with van der Waals surface area (Å²) >= 11 is 0. The van der Waals surface area contributed by atoms with Crippen LogP contribution < -0.4 is 14.5 Å². The van der Waals surface area contributed by atoms with Crippen LogP contribution in [0.15, 0.2) is 60.7 Å². The van der Waals surface area contributed by atoms with Gasteiger partial charge in [-0.2, -0.15) is 26.3 Å². The van der Waals surface area contributed by atoms with Gasteiger partial charge in [0.2, 0.25) is 0 Å². The molecule has 1 aliphatic carbocycles. The first-order valence-electron chi connectivity index (χ1n) is 12.8. The molecule has 1 aliphatic heterocycles. The van der Waals surface area contributed by atoms with Crippen LogP contribution in [0, 0.1) is 5.53 Å². The van der Waals surface area contributed by atoms with E-state index in [1.807, 2.05) is 0 Å². The summed E-state index contributed by atoms with van der Waals surface area (Å²) in [5, 5.41) is 0. The third kappa shape index (κ3) is 4.72. The van der Waals surface area contributed by atoms with E-state index < -0.39 is 36.6 Å². The molecule has 2 aliphatic rings. The van der Waals surface area contributed by atoms with Crippen LogP contribution in [0.3, 0.4) is 0 Å². The third-order valence-corrected chi connectivity index (χ3v) is 7.45. The minimum Gasteiger partial charge on any atom is -0.457 e. The van der Waals surface area contributed by atoms with Crippen molar-refractivity contribution in [3.8, 4) is 11.5 Å². The molecular formula is C29H25F6N4O2+. The Hall–Kier alpha value is -4.31. The molecule has 214 valence electrons. The average molecular weight is 576 g/mol. The highest BCUT2D eigenvalue weighted by Gasteiger charge is 2.63. The summed E-state index contributed by atoms with van der Waals surface area (Å²) in [5.41, 5.74) is 8.35. The molecule has 1 N–H and O–H groups in total. The zero-order chi connectivity index (χ0) is 29.7. The smallest absolute Gasteiger partial charge is 0.408 e. The molecule has 0 aromatic heterocycles. The number of carbonyl (C=O) groups excluding carboxylic acids is 1. The van der Waals surface area contributed by atoms with Gasteiger partial charge in [0.25, 0.3) is 5.78 Å². The van der Waals surface area contributed by atoms with Crippen molar-refractivity contribution in [1.29, 1.82) is 5.53 Å². The van der Waals surface area contributed by atoms with Crippen molar-refractivity contribution < 1.29 is 40.7 Å². The molecule has 1 spiro atoms.